The third-order valence-corrected chi connectivity index (χ3v) is 19.4. The molecule has 9 fully saturated rings. The van der Waals surface area contributed by atoms with Crippen LogP contribution in [0.4, 0.5) is 0 Å². The Morgan fingerprint density at radius 3 is 2.06 bits per heavy atom. The van der Waals surface area contributed by atoms with E-state index in [-0.39, 0.29) is 23.5 Å². The summed E-state index contributed by atoms with van der Waals surface area (Å²) in [7, 11) is 0. The third-order valence-electron chi connectivity index (χ3n) is 19.4. The highest BCUT2D eigenvalue weighted by Gasteiger charge is 2.69. The van der Waals surface area contributed by atoms with Gasteiger partial charge in [0.1, 0.15) is 85.5 Å². The summed E-state index contributed by atoms with van der Waals surface area (Å²) in [4.78, 5) is 0. The molecule has 3 saturated carbocycles. The summed E-state index contributed by atoms with van der Waals surface area (Å²) in [6.07, 6.45) is -20.1. The van der Waals surface area contributed by atoms with Crippen LogP contribution in [0, 0.1) is 46.3 Å². The lowest BCUT2D eigenvalue weighted by atomic mass is 9.47. The van der Waals surface area contributed by atoms with Gasteiger partial charge in [0.15, 0.2) is 30.9 Å². The van der Waals surface area contributed by atoms with Gasteiger partial charge in [0.05, 0.1) is 44.7 Å². The number of rotatable bonds is 10. The summed E-state index contributed by atoms with van der Waals surface area (Å²) in [6, 6.07) is 0. The number of ether oxygens (including phenoxy) is 10. The van der Waals surface area contributed by atoms with Crippen molar-refractivity contribution in [2.45, 2.75) is 227 Å². The van der Waals surface area contributed by atoms with E-state index in [0.717, 1.165) is 51.6 Å². The molecule has 0 aromatic heterocycles. The molecular formula is C50H80O21. The fraction of sp³-hybridized carbons (Fsp3) is 0.960. The molecule has 0 amide bonds. The summed E-state index contributed by atoms with van der Waals surface area (Å²) in [5.41, 5.74) is 1.35. The summed E-state index contributed by atoms with van der Waals surface area (Å²) in [5.74, 6) is 2.34. The second-order valence-electron chi connectivity index (χ2n) is 23.5. The molecule has 10 aliphatic rings. The molecule has 1 spiro atoms. The van der Waals surface area contributed by atoms with Crippen molar-refractivity contribution < 1.29 is 104 Å². The maximum Gasteiger partial charge on any atom is 0.187 e. The van der Waals surface area contributed by atoms with Crippen molar-refractivity contribution in [2.75, 3.05) is 26.4 Å². The molecule has 11 N–H and O–H groups in total. The van der Waals surface area contributed by atoms with E-state index in [1.165, 1.54) is 12.5 Å². The molecule has 4 aliphatic carbocycles. The lowest BCUT2D eigenvalue weighted by Crippen LogP contribution is -2.67. The van der Waals surface area contributed by atoms with Gasteiger partial charge in [-0.05, 0) is 98.7 Å². The van der Waals surface area contributed by atoms with E-state index in [4.69, 9.17) is 47.4 Å². The molecular weight excluding hydrogens is 937 g/mol. The molecule has 6 saturated heterocycles. The van der Waals surface area contributed by atoms with E-state index in [1.54, 1.807) is 0 Å². The average Bonchev–Trinajstić information content (AvgIpc) is 3.80. The van der Waals surface area contributed by atoms with Crippen molar-refractivity contribution in [1.82, 2.24) is 0 Å². The zero-order valence-electron chi connectivity index (χ0n) is 41.4. The van der Waals surface area contributed by atoms with Gasteiger partial charge in [0.2, 0.25) is 0 Å². The highest BCUT2D eigenvalue weighted by Crippen LogP contribution is 2.70. The quantitative estimate of drug-likeness (QED) is 0.113. The second-order valence-corrected chi connectivity index (χ2v) is 23.5. The minimum Gasteiger partial charge on any atom is -0.394 e. The monoisotopic (exact) mass is 1020 g/mol. The van der Waals surface area contributed by atoms with E-state index < -0.39 is 142 Å². The summed E-state index contributed by atoms with van der Waals surface area (Å²) in [6.45, 7) is 10.0. The maximum absolute atomic E-state index is 11.8. The SMILES string of the molecule is CC1CCC2(OC1)OC1CC3C4CC=C5CC(OC6OC(CO)C(O)C(OC7OC(COC8OCC(O)C(O)C8O)C(O)C(O)C7O)C6OC6OC(C)C(O)C(O)C6O)CCC5(C)C4CCC3(C)C1C2C. The largest absolute Gasteiger partial charge is 0.394 e. The van der Waals surface area contributed by atoms with Gasteiger partial charge in [0, 0.05) is 12.3 Å². The van der Waals surface area contributed by atoms with Crippen LogP contribution in [0.5, 0.6) is 0 Å². The van der Waals surface area contributed by atoms with Crippen molar-refractivity contribution in [2.24, 2.45) is 46.3 Å². The van der Waals surface area contributed by atoms with Crippen molar-refractivity contribution >= 4 is 0 Å². The molecule has 10 rings (SSSR count). The third kappa shape index (κ3) is 9.22. The fourth-order valence-electron chi connectivity index (χ4n) is 15.1. The van der Waals surface area contributed by atoms with Crippen molar-refractivity contribution in [3.63, 3.8) is 0 Å². The lowest BCUT2D eigenvalue weighted by molar-refractivity contribution is -0.395. The number of aliphatic hydroxyl groups excluding tert-OH is 11. The summed E-state index contributed by atoms with van der Waals surface area (Å²) >= 11 is 0. The first kappa shape index (κ1) is 53.3. The topological polar surface area (TPSA) is 315 Å². The van der Waals surface area contributed by atoms with Crippen LogP contribution in [0.3, 0.4) is 0 Å². The Morgan fingerprint density at radius 2 is 1.34 bits per heavy atom. The van der Waals surface area contributed by atoms with Gasteiger partial charge in [-0.1, -0.05) is 39.3 Å². The second kappa shape index (κ2) is 20.4. The molecule has 21 heteroatoms. The van der Waals surface area contributed by atoms with E-state index in [9.17, 15) is 56.2 Å². The molecule has 0 bridgehead atoms. The van der Waals surface area contributed by atoms with Crippen LogP contribution < -0.4 is 0 Å². The zero-order chi connectivity index (χ0) is 50.6. The van der Waals surface area contributed by atoms with Crippen molar-refractivity contribution in [3.05, 3.63) is 11.6 Å². The highest BCUT2D eigenvalue weighted by molar-refractivity contribution is 5.26. The Kier molecular flexibility index (Phi) is 15.3. The predicted molar refractivity (Wildman–Crippen MR) is 241 cm³/mol. The molecule has 6 aliphatic heterocycles. The van der Waals surface area contributed by atoms with Gasteiger partial charge in [-0.2, -0.15) is 0 Å². The first-order valence-electron chi connectivity index (χ1n) is 26.3. The Morgan fingerprint density at radius 1 is 0.648 bits per heavy atom. The van der Waals surface area contributed by atoms with Gasteiger partial charge in [0.25, 0.3) is 0 Å². The molecule has 21 nitrogen and oxygen atoms in total. The highest BCUT2D eigenvalue weighted by atomic mass is 16.8. The average molecular weight is 1020 g/mol. The molecule has 30 atom stereocenters. The van der Waals surface area contributed by atoms with Gasteiger partial charge < -0.3 is 104 Å². The van der Waals surface area contributed by atoms with Crippen LogP contribution in [0.2, 0.25) is 0 Å². The maximum atomic E-state index is 11.8. The van der Waals surface area contributed by atoms with Gasteiger partial charge in [-0.15, -0.1) is 0 Å². The Hall–Kier alpha value is -1.10. The lowest BCUT2D eigenvalue weighted by Gasteiger charge is -2.59. The molecule has 0 aromatic rings. The minimum atomic E-state index is -1.95. The molecule has 30 unspecified atom stereocenters. The van der Waals surface area contributed by atoms with Crippen LogP contribution in [0.25, 0.3) is 0 Å². The van der Waals surface area contributed by atoms with Crippen molar-refractivity contribution in [3.8, 4) is 0 Å². The zero-order valence-corrected chi connectivity index (χ0v) is 41.4. The number of aliphatic hydroxyl groups is 11. The number of hydrogen-bond acceptors (Lipinski definition) is 21. The minimum absolute atomic E-state index is 0.0908. The van der Waals surface area contributed by atoms with Gasteiger partial charge in [-0.25, -0.2) is 0 Å². The molecule has 0 radical (unpaired) electrons. The van der Waals surface area contributed by atoms with E-state index >= 15 is 0 Å². The number of hydrogen-bond donors (Lipinski definition) is 11. The Balaban J connectivity index is 0.866. The molecule has 406 valence electrons. The van der Waals surface area contributed by atoms with E-state index in [1.807, 2.05) is 0 Å². The number of allylic oxidation sites excluding steroid dienone is 1. The van der Waals surface area contributed by atoms with Crippen molar-refractivity contribution in [1.29, 1.82) is 0 Å². The Labute approximate surface area is 414 Å². The summed E-state index contributed by atoms with van der Waals surface area (Å²) in [5, 5.41) is 118. The van der Waals surface area contributed by atoms with Crippen LogP contribution >= 0.6 is 0 Å². The standard InChI is InChI=1S/C50H80O21/c1-20-8-13-50(64-17-20)21(2)32-29(71-50)15-27-25-7-6-23-14-24(9-11-48(23,4)26(25)10-12-49(27,32)5)66-47-43(70-45-40(60)37(57)33(53)22(3)65-45)42(36(56)30(16-51)67-47)69-46-41(61)38(58)35(55)31(68-46)19-63-44-39(59)34(54)28(52)18-62-44/h6,20-22,24-47,51-61H,7-19H2,1-5H3. The van der Waals surface area contributed by atoms with Gasteiger partial charge >= 0.3 is 0 Å². The molecule has 6 heterocycles. The van der Waals surface area contributed by atoms with E-state index in [0.29, 0.717) is 48.3 Å². The first-order valence-corrected chi connectivity index (χ1v) is 26.3. The fourth-order valence-corrected chi connectivity index (χ4v) is 15.1. The van der Waals surface area contributed by atoms with Gasteiger partial charge in [-0.3, -0.25) is 0 Å². The predicted octanol–water partition coefficient (Wildman–Crippen LogP) is -1.32. The summed E-state index contributed by atoms with van der Waals surface area (Å²) < 4.78 is 61.8. The van der Waals surface area contributed by atoms with Crippen LogP contribution in [-0.4, -0.2) is 217 Å². The van der Waals surface area contributed by atoms with Crippen LogP contribution in [-0.2, 0) is 47.4 Å². The Bertz CT molecular complexity index is 1870. The van der Waals surface area contributed by atoms with E-state index in [2.05, 4.69) is 33.8 Å². The molecule has 71 heavy (non-hydrogen) atoms. The smallest absolute Gasteiger partial charge is 0.187 e. The number of fused-ring (bicyclic) bond motifs is 7. The normalized spacial score (nSPS) is 57.4. The van der Waals surface area contributed by atoms with Crippen LogP contribution in [0.1, 0.15) is 92.4 Å². The molecule has 0 aromatic carbocycles. The van der Waals surface area contributed by atoms with Crippen LogP contribution in [0.15, 0.2) is 11.6 Å². The first-order chi connectivity index (χ1) is 33.7.